The summed E-state index contributed by atoms with van der Waals surface area (Å²) in [5, 5.41) is 0. The van der Waals surface area contributed by atoms with Gasteiger partial charge in [-0.05, 0) is 91.1 Å². The smallest absolute Gasteiger partial charge is 0.416 e. The maximum absolute atomic E-state index is 13.2. The number of halogens is 6. The van der Waals surface area contributed by atoms with Gasteiger partial charge in [-0.1, -0.05) is 17.9 Å². The molecule has 1 amide bonds. The van der Waals surface area contributed by atoms with Crippen molar-refractivity contribution in [2.24, 2.45) is 0 Å². The Bertz CT molecular complexity index is 1660. The summed E-state index contributed by atoms with van der Waals surface area (Å²) in [5.74, 6) is -0.742. The van der Waals surface area contributed by atoms with Crippen molar-refractivity contribution >= 4 is 23.8 Å². The number of amides is 1. The van der Waals surface area contributed by atoms with Gasteiger partial charge in [0.25, 0.3) is 5.91 Å². The first-order valence-electron chi connectivity index (χ1n) is 14.2. The highest BCUT2D eigenvalue weighted by atomic mass is 19.4. The summed E-state index contributed by atoms with van der Waals surface area (Å²) in [5.41, 5.74) is 6.41. The van der Waals surface area contributed by atoms with E-state index in [0.717, 1.165) is 18.9 Å². The van der Waals surface area contributed by atoms with Gasteiger partial charge in [0.05, 0.1) is 16.7 Å². The summed E-state index contributed by atoms with van der Waals surface area (Å²) >= 11 is 0. The maximum atomic E-state index is 13.2. The van der Waals surface area contributed by atoms with E-state index in [9.17, 15) is 35.9 Å². The van der Waals surface area contributed by atoms with Crippen molar-refractivity contribution in [1.82, 2.24) is 5.48 Å². The van der Waals surface area contributed by atoms with Crippen LogP contribution in [0.5, 0.6) is 0 Å². The van der Waals surface area contributed by atoms with Gasteiger partial charge in [-0.3, -0.25) is 9.59 Å². The third kappa shape index (κ3) is 8.47. The minimum Gasteiger partial charge on any atom is -0.480 e. The first kappa shape index (κ1) is 32.6. The van der Waals surface area contributed by atoms with Crippen molar-refractivity contribution in [3.63, 3.8) is 0 Å². The number of Topliss-reactive ketones (excluding diaryl/α,β-unsaturated/α-hetero) is 1. The molecular weight excluding hydrogens is 616 g/mol. The Hall–Kier alpha value is -4.78. The number of carbonyl (C=O) groups excluding carboxylic acids is 2. The van der Waals surface area contributed by atoms with Crippen LogP contribution in [-0.2, 0) is 42.9 Å². The number of hydrogen-bond acceptors (Lipinski definition) is 5. The molecule has 46 heavy (non-hydrogen) atoms. The Morgan fingerprint density at radius 1 is 1.00 bits per heavy atom. The Balaban J connectivity index is 1.21. The zero-order valence-corrected chi connectivity index (χ0v) is 24.0. The third-order valence-corrected chi connectivity index (χ3v) is 7.13. The average Bonchev–Trinajstić information content (AvgIpc) is 3.03. The number of allylic oxidation sites excluding steroid dienone is 4. The van der Waals surface area contributed by atoms with Crippen LogP contribution >= 0.6 is 0 Å². The molecule has 2 fully saturated rings. The lowest BCUT2D eigenvalue weighted by Gasteiger charge is -2.21. The number of alkyl halides is 6. The number of hydroxylamine groups is 1. The summed E-state index contributed by atoms with van der Waals surface area (Å²) < 4.78 is 90.6. The van der Waals surface area contributed by atoms with Gasteiger partial charge in [0, 0.05) is 35.8 Å². The van der Waals surface area contributed by atoms with Gasteiger partial charge >= 0.3 is 12.4 Å². The molecule has 3 aliphatic rings. The Kier molecular flexibility index (Phi) is 9.71. The molecule has 238 valence electrons. The number of fused-ring (bicyclic) bond motifs is 1. The molecule has 0 radical (unpaired) electrons. The topological polar surface area (TPSA) is 73.9 Å². The summed E-state index contributed by atoms with van der Waals surface area (Å²) in [6.45, 7) is 0.669. The van der Waals surface area contributed by atoms with Gasteiger partial charge in [0.15, 0.2) is 17.8 Å². The molecule has 1 atom stereocenters. The highest BCUT2D eigenvalue weighted by Gasteiger charge is 2.37. The van der Waals surface area contributed by atoms with Crippen molar-refractivity contribution in [2.75, 3.05) is 6.61 Å². The van der Waals surface area contributed by atoms with Crippen LogP contribution in [0.1, 0.15) is 59.9 Å². The number of ketones is 1. The van der Waals surface area contributed by atoms with E-state index in [1.54, 1.807) is 18.2 Å². The Morgan fingerprint density at radius 2 is 1.76 bits per heavy atom. The van der Waals surface area contributed by atoms with Crippen molar-refractivity contribution in [3.8, 4) is 0 Å². The van der Waals surface area contributed by atoms with Crippen LogP contribution in [0.4, 0.5) is 26.3 Å². The summed E-state index contributed by atoms with van der Waals surface area (Å²) in [7, 11) is 0. The zero-order valence-electron chi connectivity index (χ0n) is 24.0. The van der Waals surface area contributed by atoms with E-state index in [0.29, 0.717) is 41.9 Å². The highest BCUT2D eigenvalue weighted by molar-refractivity contribution is 6.14. The fourth-order valence-corrected chi connectivity index (χ4v) is 4.78. The number of hydrogen-bond donors (Lipinski definition) is 1. The molecule has 1 saturated carbocycles. The van der Waals surface area contributed by atoms with Crippen LogP contribution in [-0.4, -0.2) is 24.6 Å². The first-order chi connectivity index (χ1) is 21.8. The fourth-order valence-electron chi connectivity index (χ4n) is 4.78. The number of benzene rings is 1. The molecule has 0 bridgehead atoms. The lowest BCUT2D eigenvalue weighted by Crippen LogP contribution is -2.32. The highest BCUT2D eigenvalue weighted by Crippen LogP contribution is 2.38. The molecule has 0 aromatic heterocycles. The quantitative estimate of drug-likeness (QED) is 0.141. The van der Waals surface area contributed by atoms with Crippen LogP contribution in [0.15, 0.2) is 76.4 Å². The third-order valence-electron chi connectivity index (χ3n) is 7.13. The van der Waals surface area contributed by atoms with Crippen LogP contribution in [0.2, 0.25) is 0 Å². The van der Waals surface area contributed by atoms with E-state index < -0.39 is 41.5 Å². The monoisotopic (exact) mass is 641 g/mol. The van der Waals surface area contributed by atoms with Crippen LogP contribution in [0.3, 0.4) is 0 Å². The number of ether oxygens (including phenoxy) is 2. The van der Waals surface area contributed by atoms with Crippen LogP contribution in [0, 0.1) is 12.1 Å². The van der Waals surface area contributed by atoms with Gasteiger partial charge < -0.3 is 9.47 Å². The summed E-state index contributed by atoms with van der Waals surface area (Å²) in [6.07, 6.45) is -1.97. The van der Waals surface area contributed by atoms with Crippen molar-refractivity contribution in [2.45, 2.75) is 57.4 Å². The lowest BCUT2D eigenvalue weighted by atomic mass is 9.83. The van der Waals surface area contributed by atoms with E-state index in [-0.39, 0.29) is 48.0 Å². The van der Waals surface area contributed by atoms with Gasteiger partial charge in [0.1, 0.15) is 6.61 Å². The van der Waals surface area contributed by atoms with Gasteiger partial charge in [-0.2, -0.15) is 26.3 Å². The van der Waals surface area contributed by atoms with Gasteiger partial charge in [0.2, 0.25) is 0 Å². The van der Waals surface area contributed by atoms with E-state index in [2.05, 4.69) is 29.1 Å². The summed E-state index contributed by atoms with van der Waals surface area (Å²) in [6, 6.07) is 10.5. The van der Waals surface area contributed by atoms with Gasteiger partial charge in [-0.25, -0.2) is 10.3 Å². The van der Waals surface area contributed by atoms with E-state index in [1.807, 2.05) is 0 Å². The molecule has 2 aromatic carbocycles. The largest absolute Gasteiger partial charge is 0.480 e. The minimum atomic E-state index is -5.00. The molecule has 5 rings (SSSR count). The predicted octanol–water partition coefficient (Wildman–Crippen LogP) is 7.38. The number of rotatable bonds is 8. The molecular formula is C34H25F6NO5. The molecule has 12 heteroatoms. The van der Waals surface area contributed by atoms with Crippen molar-refractivity contribution in [3.05, 3.63) is 116 Å². The standard InChI is InChI=1S/C34H25F6NO5/c35-33(36,37)26-16-23(17-27(19-26)34(38,39)40)15-25-10-9-24-18-28(11-12-29(24)32(25)43)45-20-22-6-4-21(5-7-22)8-13-30(42)41-46-31-3-1-2-14-44-31/h4,6,8,13,15-19,31H,1-3,9-10,14,20H2,(H,41,42)/b13-8+,25-15+. The first-order valence-corrected chi connectivity index (χ1v) is 14.2. The molecule has 2 aromatic rings. The predicted molar refractivity (Wildman–Crippen MR) is 152 cm³/mol. The van der Waals surface area contributed by atoms with Crippen molar-refractivity contribution < 1.29 is 50.2 Å². The molecule has 6 nitrogen and oxygen atoms in total. The normalized spacial score (nSPS) is 19.3. The number of nitrogens with one attached hydrogen (secondary N) is 1. The zero-order chi connectivity index (χ0) is 32.9. The molecule has 1 aliphatic heterocycles. The number of carbonyl (C=O) groups is 2. The summed E-state index contributed by atoms with van der Waals surface area (Å²) in [4.78, 5) is 30.2. The van der Waals surface area contributed by atoms with Crippen LogP contribution < -0.4 is 5.48 Å². The second kappa shape index (κ2) is 13.7. The molecule has 2 aliphatic carbocycles. The van der Waals surface area contributed by atoms with Crippen LogP contribution in [0.25, 0.3) is 12.2 Å². The second-order valence-corrected chi connectivity index (χ2v) is 10.6. The SMILES string of the molecule is O=C(/C=C/c1c#cc(COC2=C=C=C3C(=O)/C(=C/c4cc(C(F)(F)F)cc(C(F)(F)F)c4)CCC3=C2)cc1)NOC1CCCCO1. The fraction of sp³-hybridized carbons (Fsp3) is 0.294. The van der Waals surface area contributed by atoms with E-state index in [4.69, 9.17) is 14.3 Å². The molecule has 1 unspecified atom stereocenters. The molecule has 1 saturated heterocycles. The van der Waals surface area contributed by atoms with E-state index in [1.165, 1.54) is 12.2 Å². The lowest BCUT2D eigenvalue weighted by molar-refractivity contribution is -0.198. The van der Waals surface area contributed by atoms with E-state index >= 15 is 0 Å². The maximum Gasteiger partial charge on any atom is 0.416 e. The molecule has 0 spiro atoms. The van der Waals surface area contributed by atoms with Gasteiger partial charge in [-0.15, -0.1) is 0 Å². The molecule has 1 heterocycles. The minimum absolute atomic E-state index is 0.0394. The molecule has 1 N–H and O–H groups in total. The Labute approximate surface area is 260 Å². The average molecular weight is 642 g/mol. The Morgan fingerprint density at radius 3 is 2.41 bits per heavy atom. The van der Waals surface area contributed by atoms with Crippen molar-refractivity contribution in [1.29, 1.82) is 0 Å². The second-order valence-electron chi connectivity index (χ2n) is 10.6.